The van der Waals surface area contributed by atoms with Crippen molar-refractivity contribution in [1.29, 1.82) is 0 Å². The van der Waals surface area contributed by atoms with Crippen molar-refractivity contribution in [3.63, 3.8) is 0 Å². The zero-order valence-corrected chi connectivity index (χ0v) is 9.01. The fourth-order valence-corrected chi connectivity index (χ4v) is 2.28. The Morgan fingerprint density at radius 2 is 2.21 bits per heavy atom. The molecule has 0 spiro atoms. The predicted molar refractivity (Wildman–Crippen MR) is 60.4 cm³/mol. The van der Waals surface area contributed by atoms with E-state index < -0.39 is 0 Å². The summed E-state index contributed by atoms with van der Waals surface area (Å²) in [4.78, 5) is 4.55. The standard InChI is InChI=1S/C13H17N/c1-4-11-12-7-5-6-10(12)8-14-13(11)9(2)3/h4,8-9H,1,5-7H2,2-3H3. The molecule has 0 amide bonds. The van der Waals surface area contributed by atoms with Gasteiger partial charge in [-0.1, -0.05) is 26.5 Å². The van der Waals surface area contributed by atoms with Crippen LogP contribution in [0.25, 0.3) is 6.08 Å². The highest BCUT2D eigenvalue weighted by molar-refractivity contribution is 5.58. The van der Waals surface area contributed by atoms with Gasteiger partial charge in [-0.3, -0.25) is 4.98 Å². The van der Waals surface area contributed by atoms with Crippen LogP contribution in [0.15, 0.2) is 12.8 Å². The molecule has 0 bridgehead atoms. The smallest absolute Gasteiger partial charge is 0.0503 e. The highest BCUT2D eigenvalue weighted by Gasteiger charge is 2.18. The van der Waals surface area contributed by atoms with Gasteiger partial charge in [-0.2, -0.15) is 0 Å². The lowest BCUT2D eigenvalue weighted by Crippen LogP contribution is -2.01. The molecule has 0 N–H and O–H groups in total. The van der Waals surface area contributed by atoms with Crippen molar-refractivity contribution < 1.29 is 0 Å². The number of rotatable bonds is 2. The summed E-state index contributed by atoms with van der Waals surface area (Å²) in [7, 11) is 0. The van der Waals surface area contributed by atoms with Gasteiger partial charge in [0.25, 0.3) is 0 Å². The summed E-state index contributed by atoms with van der Waals surface area (Å²) in [5.74, 6) is 0.494. The summed E-state index contributed by atoms with van der Waals surface area (Å²) in [6.45, 7) is 8.29. The van der Waals surface area contributed by atoms with Crippen LogP contribution in [0.2, 0.25) is 0 Å². The van der Waals surface area contributed by atoms with Gasteiger partial charge in [0, 0.05) is 6.20 Å². The van der Waals surface area contributed by atoms with E-state index in [0.717, 1.165) is 0 Å². The second kappa shape index (κ2) is 3.56. The average Bonchev–Trinajstić information content (AvgIpc) is 2.63. The number of fused-ring (bicyclic) bond motifs is 1. The van der Waals surface area contributed by atoms with Crippen molar-refractivity contribution >= 4 is 6.08 Å². The predicted octanol–water partition coefficient (Wildman–Crippen LogP) is 3.34. The van der Waals surface area contributed by atoms with E-state index in [1.54, 1.807) is 0 Å². The van der Waals surface area contributed by atoms with Crippen molar-refractivity contribution in [1.82, 2.24) is 4.98 Å². The zero-order chi connectivity index (χ0) is 10.1. The molecular weight excluding hydrogens is 170 g/mol. The first-order valence-electron chi connectivity index (χ1n) is 5.37. The van der Waals surface area contributed by atoms with Crippen molar-refractivity contribution in [3.8, 4) is 0 Å². The number of nitrogens with zero attached hydrogens (tertiary/aromatic N) is 1. The molecule has 1 aromatic heterocycles. The molecule has 1 heteroatoms. The first-order valence-corrected chi connectivity index (χ1v) is 5.37. The van der Waals surface area contributed by atoms with Crippen LogP contribution in [0.5, 0.6) is 0 Å². The van der Waals surface area contributed by atoms with Crippen molar-refractivity contribution in [3.05, 3.63) is 35.2 Å². The monoisotopic (exact) mass is 187 g/mol. The van der Waals surface area contributed by atoms with Crippen LogP contribution in [-0.2, 0) is 12.8 Å². The molecule has 0 saturated heterocycles. The second-order valence-electron chi connectivity index (χ2n) is 4.27. The number of hydrogen-bond acceptors (Lipinski definition) is 1. The van der Waals surface area contributed by atoms with Crippen LogP contribution in [0.3, 0.4) is 0 Å². The SMILES string of the molecule is C=Cc1c(C(C)C)ncc2c1CCC2. The maximum Gasteiger partial charge on any atom is 0.0503 e. The molecule has 0 unspecified atom stereocenters. The average molecular weight is 187 g/mol. The van der Waals surface area contributed by atoms with Gasteiger partial charge in [0.15, 0.2) is 0 Å². The van der Waals surface area contributed by atoms with Gasteiger partial charge < -0.3 is 0 Å². The summed E-state index contributed by atoms with van der Waals surface area (Å²) in [5, 5.41) is 0. The minimum Gasteiger partial charge on any atom is -0.260 e. The van der Waals surface area contributed by atoms with Gasteiger partial charge in [0.2, 0.25) is 0 Å². The maximum atomic E-state index is 4.55. The van der Waals surface area contributed by atoms with Gasteiger partial charge in [0.05, 0.1) is 5.69 Å². The Kier molecular flexibility index (Phi) is 2.40. The minimum atomic E-state index is 0.494. The topological polar surface area (TPSA) is 12.9 Å². The van der Waals surface area contributed by atoms with E-state index in [4.69, 9.17) is 0 Å². The molecule has 0 radical (unpaired) electrons. The molecule has 1 nitrogen and oxygen atoms in total. The Labute approximate surface area is 85.9 Å². The van der Waals surface area contributed by atoms with Gasteiger partial charge in [-0.05, 0) is 41.9 Å². The third-order valence-corrected chi connectivity index (χ3v) is 2.97. The fourth-order valence-electron chi connectivity index (χ4n) is 2.28. The van der Waals surface area contributed by atoms with Crippen LogP contribution in [-0.4, -0.2) is 4.98 Å². The first-order chi connectivity index (χ1) is 6.74. The van der Waals surface area contributed by atoms with Gasteiger partial charge in [-0.15, -0.1) is 0 Å². The van der Waals surface area contributed by atoms with E-state index in [9.17, 15) is 0 Å². The molecule has 14 heavy (non-hydrogen) atoms. The maximum absolute atomic E-state index is 4.55. The summed E-state index contributed by atoms with van der Waals surface area (Å²) in [5.41, 5.74) is 5.44. The highest BCUT2D eigenvalue weighted by atomic mass is 14.7. The molecule has 74 valence electrons. The molecule has 2 rings (SSSR count). The molecule has 0 fully saturated rings. The molecular formula is C13H17N. The Morgan fingerprint density at radius 1 is 1.43 bits per heavy atom. The van der Waals surface area contributed by atoms with Gasteiger partial charge in [0.1, 0.15) is 0 Å². The Balaban J connectivity index is 2.59. The lowest BCUT2D eigenvalue weighted by Gasteiger charge is -2.12. The number of pyridine rings is 1. The number of hydrogen-bond donors (Lipinski definition) is 0. The van der Waals surface area contributed by atoms with Crippen LogP contribution in [0.4, 0.5) is 0 Å². The van der Waals surface area contributed by atoms with E-state index in [1.165, 1.54) is 41.6 Å². The molecule has 0 aliphatic heterocycles. The zero-order valence-electron chi connectivity index (χ0n) is 9.01. The summed E-state index contributed by atoms with van der Waals surface area (Å²) < 4.78 is 0. The highest BCUT2D eigenvalue weighted by Crippen LogP contribution is 2.30. The summed E-state index contributed by atoms with van der Waals surface area (Å²) in [6, 6.07) is 0. The third-order valence-electron chi connectivity index (χ3n) is 2.97. The quantitative estimate of drug-likeness (QED) is 0.692. The van der Waals surface area contributed by atoms with Crippen molar-refractivity contribution in [2.75, 3.05) is 0 Å². The second-order valence-corrected chi connectivity index (χ2v) is 4.27. The minimum absolute atomic E-state index is 0.494. The van der Waals surface area contributed by atoms with Crippen molar-refractivity contribution in [2.45, 2.75) is 39.0 Å². The lowest BCUT2D eigenvalue weighted by atomic mass is 9.97. The molecule has 1 heterocycles. The van der Waals surface area contributed by atoms with Crippen LogP contribution >= 0.6 is 0 Å². The van der Waals surface area contributed by atoms with Gasteiger partial charge >= 0.3 is 0 Å². The van der Waals surface area contributed by atoms with E-state index in [0.29, 0.717) is 5.92 Å². The van der Waals surface area contributed by atoms with Crippen LogP contribution < -0.4 is 0 Å². The molecule has 1 aliphatic rings. The molecule has 0 saturated carbocycles. The van der Waals surface area contributed by atoms with Crippen LogP contribution in [0.1, 0.15) is 48.6 Å². The molecule has 0 aromatic carbocycles. The fraction of sp³-hybridized carbons (Fsp3) is 0.462. The Bertz CT molecular complexity index is 364. The van der Waals surface area contributed by atoms with E-state index in [-0.39, 0.29) is 0 Å². The molecule has 1 aromatic rings. The lowest BCUT2D eigenvalue weighted by molar-refractivity contribution is 0.814. The van der Waals surface area contributed by atoms with Crippen molar-refractivity contribution in [2.24, 2.45) is 0 Å². The normalized spacial score (nSPS) is 14.5. The third kappa shape index (κ3) is 1.37. The molecule has 0 atom stereocenters. The Hall–Kier alpha value is -1.11. The van der Waals surface area contributed by atoms with Crippen LogP contribution in [0, 0.1) is 0 Å². The van der Waals surface area contributed by atoms with Gasteiger partial charge in [-0.25, -0.2) is 0 Å². The molecule has 1 aliphatic carbocycles. The number of aryl methyl sites for hydroxylation is 1. The Morgan fingerprint density at radius 3 is 2.86 bits per heavy atom. The summed E-state index contributed by atoms with van der Waals surface area (Å²) >= 11 is 0. The summed E-state index contributed by atoms with van der Waals surface area (Å²) in [6.07, 6.45) is 7.72. The van der Waals surface area contributed by atoms with E-state index in [1.807, 2.05) is 6.08 Å². The van der Waals surface area contributed by atoms with E-state index in [2.05, 4.69) is 31.6 Å². The largest absolute Gasteiger partial charge is 0.260 e. The number of aromatic nitrogens is 1. The van der Waals surface area contributed by atoms with E-state index >= 15 is 0 Å². The first kappa shape index (κ1) is 9.45.